The van der Waals surface area contributed by atoms with E-state index >= 15 is 0 Å². The van der Waals surface area contributed by atoms with E-state index in [0.717, 1.165) is 17.8 Å². The zero-order chi connectivity index (χ0) is 15.7. The Balaban J connectivity index is 1.42. The molecule has 2 saturated carbocycles. The molecule has 0 bridgehead atoms. The number of nitrogens with zero attached hydrogens (tertiary/aromatic N) is 3. The minimum atomic E-state index is 0.0103. The summed E-state index contributed by atoms with van der Waals surface area (Å²) in [6, 6.07) is 0.296. The lowest BCUT2D eigenvalue weighted by atomic mass is 10.00. The van der Waals surface area contributed by atoms with Crippen molar-refractivity contribution in [3.63, 3.8) is 0 Å². The Morgan fingerprint density at radius 1 is 1.41 bits per heavy atom. The molecule has 1 aromatic heterocycles. The molecule has 5 nitrogen and oxygen atoms in total. The van der Waals surface area contributed by atoms with Crippen LogP contribution in [0.2, 0.25) is 0 Å². The van der Waals surface area contributed by atoms with Crippen molar-refractivity contribution in [3.05, 3.63) is 23.8 Å². The van der Waals surface area contributed by atoms with Crippen LogP contribution in [-0.2, 0) is 6.42 Å². The molecule has 2 aliphatic carbocycles. The maximum absolute atomic E-state index is 12.2. The molecule has 0 aliphatic heterocycles. The Morgan fingerprint density at radius 3 is 2.59 bits per heavy atom. The van der Waals surface area contributed by atoms with Crippen molar-refractivity contribution in [2.24, 2.45) is 5.41 Å². The molecule has 0 saturated heterocycles. The number of hydrogen-bond acceptors (Lipinski definition) is 3. The van der Waals surface area contributed by atoms with Crippen LogP contribution in [0.15, 0.2) is 12.4 Å². The molecule has 22 heavy (non-hydrogen) atoms. The van der Waals surface area contributed by atoms with Gasteiger partial charge in [0.1, 0.15) is 5.82 Å². The highest BCUT2D eigenvalue weighted by atomic mass is 16.2. The summed E-state index contributed by atoms with van der Waals surface area (Å²) in [4.78, 5) is 22.8. The van der Waals surface area contributed by atoms with Crippen LogP contribution in [0.25, 0.3) is 0 Å². The number of urea groups is 1. The zero-order valence-corrected chi connectivity index (χ0v) is 13.8. The fourth-order valence-corrected chi connectivity index (χ4v) is 2.74. The van der Waals surface area contributed by atoms with E-state index < -0.39 is 0 Å². The highest BCUT2D eigenvalue weighted by molar-refractivity contribution is 5.74. The molecule has 120 valence electrons. The molecule has 1 atom stereocenters. The van der Waals surface area contributed by atoms with Crippen LogP contribution < -0.4 is 5.32 Å². The van der Waals surface area contributed by atoms with E-state index in [1.807, 2.05) is 24.3 Å². The van der Waals surface area contributed by atoms with Gasteiger partial charge in [0.05, 0.1) is 0 Å². The smallest absolute Gasteiger partial charge is 0.317 e. The maximum atomic E-state index is 12.2. The van der Waals surface area contributed by atoms with E-state index in [0.29, 0.717) is 17.9 Å². The average Bonchev–Trinajstić information content (AvgIpc) is 3.42. The van der Waals surface area contributed by atoms with E-state index in [2.05, 4.69) is 29.1 Å². The van der Waals surface area contributed by atoms with Gasteiger partial charge in [-0.25, -0.2) is 14.8 Å². The van der Waals surface area contributed by atoms with Gasteiger partial charge in [0.25, 0.3) is 0 Å². The molecule has 1 heterocycles. The first kappa shape index (κ1) is 15.3. The van der Waals surface area contributed by atoms with Gasteiger partial charge >= 0.3 is 6.03 Å². The summed E-state index contributed by atoms with van der Waals surface area (Å²) < 4.78 is 0. The van der Waals surface area contributed by atoms with Crippen LogP contribution in [0, 0.1) is 5.41 Å². The summed E-state index contributed by atoms with van der Waals surface area (Å²) in [5, 5.41) is 2.99. The average molecular weight is 302 g/mol. The van der Waals surface area contributed by atoms with Crippen LogP contribution in [0.3, 0.4) is 0 Å². The number of nitrogens with one attached hydrogen (secondary N) is 1. The quantitative estimate of drug-likeness (QED) is 0.879. The van der Waals surface area contributed by atoms with Crippen LogP contribution in [0.4, 0.5) is 4.79 Å². The van der Waals surface area contributed by atoms with Gasteiger partial charge in [0.15, 0.2) is 0 Å². The van der Waals surface area contributed by atoms with Crippen molar-refractivity contribution in [3.8, 4) is 0 Å². The molecule has 5 heteroatoms. The van der Waals surface area contributed by atoms with E-state index in [1.54, 1.807) is 0 Å². The van der Waals surface area contributed by atoms with Gasteiger partial charge in [-0.3, -0.25) is 0 Å². The fourth-order valence-electron chi connectivity index (χ4n) is 2.74. The summed E-state index contributed by atoms with van der Waals surface area (Å²) in [6.45, 7) is 5.01. The third-order valence-electron chi connectivity index (χ3n) is 5.31. The molecular weight excluding hydrogens is 276 g/mol. The molecule has 0 radical (unpaired) electrons. The normalized spacial score (nSPS) is 20.3. The Bertz CT molecular complexity index is 534. The second kappa shape index (κ2) is 5.86. The van der Waals surface area contributed by atoms with Crippen molar-refractivity contribution in [1.82, 2.24) is 20.2 Å². The van der Waals surface area contributed by atoms with Crippen molar-refractivity contribution in [2.75, 3.05) is 13.6 Å². The number of rotatable bonds is 6. The lowest BCUT2D eigenvalue weighted by Gasteiger charge is -2.30. The molecule has 2 amide bonds. The summed E-state index contributed by atoms with van der Waals surface area (Å²) in [5.41, 5.74) is 1.40. The fraction of sp³-hybridized carbons (Fsp3) is 0.706. The Hall–Kier alpha value is -1.65. The van der Waals surface area contributed by atoms with E-state index in [4.69, 9.17) is 0 Å². The molecule has 0 aromatic carbocycles. The standard InChI is InChI=1S/C17H26N4O/c1-12(17(2)7-8-17)21(3)16(22)18-9-6-13-10-19-15(20-11-13)14-4-5-14/h10-12,14H,4-9H2,1-3H3,(H,18,22). The molecule has 0 spiro atoms. The number of aromatic nitrogens is 2. The maximum Gasteiger partial charge on any atom is 0.317 e. The van der Waals surface area contributed by atoms with E-state index in [1.165, 1.54) is 25.7 Å². The Morgan fingerprint density at radius 2 is 2.05 bits per heavy atom. The predicted molar refractivity (Wildman–Crippen MR) is 85.7 cm³/mol. The second-order valence-corrected chi connectivity index (χ2v) is 7.15. The topological polar surface area (TPSA) is 58.1 Å². The molecule has 3 rings (SSSR count). The highest BCUT2D eigenvalue weighted by Gasteiger charge is 2.45. The molecular formula is C17H26N4O. The Kier molecular flexibility index (Phi) is 4.06. The monoisotopic (exact) mass is 302 g/mol. The minimum Gasteiger partial charge on any atom is -0.338 e. The lowest BCUT2D eigenvalue weighted by molar-refractivity contribution is 0.170. The van der Waals surface area contributed by atoms with Gasteiger partial charge in [0, 0.05) is 37.9 Å². The molecule has 2 fully saturated rings. The third kappa shape index (κ3) is 3.39. The van der Waals surface area contributed by atoms with Gasteiger partial charge in [0.2, 0.25) is 0 Å². The van der Waals surface area contributed by atoms with Crippen LogP contribution in [0.5, 0.6) is 0 Å². The first-order chi connectivity index (χ1) is 10.5. The molecule has 2 aliphatic rings. The summed E-state index contributed by atoms with van der Waals surface area (Å²) >= 11 is 0. The van der Waals surface area contributed by atoms with E-state index in [-0.39, 0.29) is 12.1 Å². The van der Waals surface area contributed by atoms with Crippen molar-refractivity contribution in [2.45, 2.75) is 57.9 Å². The van der Waals surface area contributed by atoms with Gasteiger partial charge < -0.3 is 10.2 Å². The van der Waals surface area contributed by atoms with Crippen LogP contribution in [0.1, 0.15) is 56.8 Å². The number of amides is 2. The van der Waals surface area contributed by atoms with Gasteiger partial charge in [-0.2, -0.15) is 0 Å². The second-order valence-electron chi connectivity index (χ2n) is 7.15. The molecule has 1 unspecified atom stereocenters. The lowest BCUT2D eigenvalue weighted by Crippen LogP contribution is -2.46. The van der Waals surface area contributed by atoms with Crippen molar-refractivity contribution < 1.29 is 4.79 Å². The van der Waals surface area contributed by atoms with Crippen LogP contribution in [-0.4, -0.2) is 40.5 Å². The number of carbonyl (C=O) groups excluding carboxylic acids is 1. The largest absolute Gasteiger partial charge is 0.338 e. The predicted octanol–water partition coefficient (Wildman–Crippen LogP) is 2.73. The SMILES string of the molecule is CC(N(C)C(=O)NCCc1cnc(C2CC2)nc1)C1(C)CC1. The number of hydrogen-bond donors (Lipinski definition) is 1. The summed E-state index contributed by atoms with van der Waals surface area (Å²) in [6.07, 6.45) is 9.44. The van der Waals surface area contributed by atoms with Gasteiger partial charge in [-0.05, 0) is 50.0 Å². The van der Waals surface area contributed by atoms with Crippen molar-refractivity contribution >= 4 is 6.03 Å². The number of carbonyl (C=O) groups is 1. The molecule has 1 N–H and O–H groups in total. The first-order valence-electron chi connectivity index (χ1n) is 8.31. The third-order valence-corrected chi connectivity index (χ3v) is 5.31. The van der Waals surface area contributed by atoms with Crippen molar-refractivity contribution in [1.29, 1.82) is 0 Å². The Labute approximate surface area is 132 Å². The van der Waals surface area contributed by atoms with E-state index in [9.17, 15) is 4.79 Å². The summed E-state index contributed by atoms with van der Waals surface area (Å²) in [7, 11) is 1.89. The zero-order valence-electron chi connectivity index (χ0n) is 13.8. The van der Waals surface area contributed by atoms with Gasteiger partial charge in [-0.15, -0.1) is 0 Å². The minimum absolute atomic E-state index is 0.0103. The summed E-state index contributed by atoms with van der Waals surface area (Å²) in [5.74, 6) is 1.56. The first-order valence-corrected chi connectivity index (χ1v) is 8.31. The highest BCUT2D eigenvalue weighted by Crippen LogP contribution is 2.49. The van der Waals surface area contributed by atoms with Crippen LogP contribution >= 0.6 is 0 Å². The molecule has 1 aromatic rings. The van der Waals surface area contributed by atoms with Gasteiger partial charge in [-0.1, -0.05) is 6.92 Å².